The zero-order valence-corrected chi connectivity index (χ0v) is 16.0. The van der Waals surface area contributed by atoms with E-state index in [1.54, 1.807) is 19.2 Å². The zero-order chi connectivity index (χ0) is 19.4. The molecule has 3 aromatic rings. The van der Waals surface area contributed by atoms with Crippen molar-refractivity contribution in [1.29, 1.82) is 0 Å². The number of rotatable bonds is 6. The van der Waals surface area contributed by atoms with Crippen LogP contribution < -0.4 is 4.74 Å². The van der Waals surface area contributed by atoms with Crippen LogP contribution in [0.3, 0.4) is 0 Å². The van der Waals surface area contributed by atoms with Gasteiger partial charge >= 0.3 is 0 Å². The van der Waals surface area contributed by atoms with Crippen LogP contribution in [0.2, 0.25) is 0 Å². The van der Waals surface area contributed by atoms with Crippen molar-refractivity contribution < 1.29 is 14.0 Å². The van der Waals surface area contributed by atoms with E-state index in [4.69, 9.17) is 9.57 Å². The van der Waals surface area contributed by atoms with E-state index in [1.807, 2.05) is 61.7 Å². The summed E-state index contributed by atoms with van der Waals surface area (Å²) in [5.41, 5.74) is 4.89. The molecule has 0 unspecified atom stereocenters. The zero-order valence-electron chi connectivity index (χ0n) is 16.0. The minimum atomic E-state index is -0.281. The lowest BCUT2D eigenvalue weighted by Gasteiger charge is -2.13. The monoisotopic (exact) mass is 366 g/mol. The smallest absolute Gasteiger partial charge is 0.147 e. The van der Waals surface area contributed by atoms with E-state index in [-0.39, 0.29) is 5.82 Å². The summed E-state index contributed by atoms with van der Waals surface area (Å²) in [6.07, 6.45) is 0. The van der Waals surface area contributed by atoms with Gasteiger partial charge in [0.05, 0.1) is 24.2 Å². The van der Waals surface area contributed by atoms with E-state index in [1.165, 1.54) is 6.07 Å². The number of halogens is 1. The van der Waals surface area contributed by atoms with Crippen LogP contribution >= 0.6 is 0 Å². The Balaban J connectivity index is 2.22. The van der Waals surface area contributed by atoms with E-state index in [9.17, 15) is 4.39 Å². The molecule has 0 aliphatic carbocycles. The first-order valence-corrected chi connectivity index (χ1v) is 8.85. The maximum absolute atomic E-state index is 14.6. The highest BCUT2D eigenvalue weighted by molar-refractivity contribution is 6.01. The molecule has 2 aromatic carbocycles. The third-order valence-corrected chi connectivity index (χ3v) is 4.45. The van der Waals surface area contributed by atoms with Gasteiger partial charge in [-0.2, -0.15) is 0 Å². The Morgan fingerprint density at radius 3 is 2.44 bits per heavy atom. The number of hydrogen-bond acceptors (Lipinski definition) is 3. The number of para-hydroxylation sites is 1. The van der Waals surface area contributed by atoms with Crippen LogP contribution in [0, 0.1) is 12.7 Å². The van der Waals surface area contributed by atoms with E-state index in [0.717, 1.165) is 34.0 Å². The van der Waals surface area contributed by atoms with Gasteiger partial charge in [0.2, 0.25) is 0 Å². The highest BCUT2D eigenvalue weighted by Crippen LogP contribution is 2.32. The second kappa shape index (κ2) is 8.08. The van der Waals surface area contributed by atoms with Crippen molar-refractivity contribution in [1.82, 2.24) is 4.57 Å². The summed E-state index contributed by atoms with van der Waals surface area (Å²) in [6, 6.07) is 16.5. The standard InChI is InChI=1S/C22H23FN2O2/c1-5-27-24-15(2)19-14-22(17-10-12-18(26-4)13-11-17)25(16(19)3)21-9-7-6-8-20(21)23/h6-14H,5H2,1-4H3. The van der Waals surface area contributed by atoms with E-state index >= 15 is 0 Å². The molecule has 0 aliphatic heterocycles. The highest BCUT2D eigenvalue weighted by Gasteiger charge is 2.19. The number of methoxy groups -OCH3 is 1. The van der Waals surface area contributed by atoms with Gasteiger partial charge in [0.15, 0.2) is 0 Å². The minimum absolute atomic E-state index is 0.281. The van der Waals surface area contributed by atoms with Crippen molar-refractivity contribution in [3.63, 3.8) is 0 Å². The molecule has 27 heavy (non-hydrogen) atoms. The molecular weight excluding hydrogens is 343 g/mol. The highest BCUT2D eigenvalue weighted by atomic mass is 19.1. The van der Waals surface area contributed by atoms with E-state index in [0.29, 0.717) is 12.3 Å². The van der Waals surface area contributed by atoms with E-state index in [2.05, 4.69) is 5.16 Å². The fraction of sp³-hybridized carbons (Fsp3) is 0.227. The number of hydrogen-bond donors (Lipinski definition) is 0. The molecule has 0 spiro atoms. The summed E-state index contributed by atoms with van der Waals surface area (Å²) in [5.74, 6) is 0.491. The van der Waals surface area contributed by atoms with Crippen molar-refractivity contribution in [2.24, 2.45) is 5.16 Å². The van der Waals surface area contributed by atoms with Crippen molar-refractivity contribution in [2.75, 3.05) is 13.7 Å². The normalized spacial score (nSPS) is 11.5. The van der Waals surface area contributed by atoms with Crippen LogP contribution in [-0.2, 0) is 4.84 Å². The lowest BCUT2D eigenvalue weighted by atomic mass is 10.1. The van der Waals surface area contributed by atoms with E-state index < -0.39 is 0 Å². The first-order valence-electron chi connectivity index (χ1n) is 8.85. The van der Waals surface area contributed by atoms with Gasteiger partial charge in [-0.1, -0.05) is 17.3 Å². The number of aromatic nitrogens is 1. The first kappa shape index (κ1) is 18.7. The largest absolute Gasteiger partial charge is 0.497 e. The summed E-state index contributed by atoms with van der Waals surface area (Å²) >= 11 is 0. The number of ether oxygens (including phenoxy) is 1. The van der Waals surface area contributed by atoms with Gasteiger partial charge < -0.3 is 14.1 Å². The van der Waals surface area contributed by atoms with Gasteiger partial charge in [0, 0.05) is 11.3 Å². The summed E-state index contributed by atoms with van der Waals surface area (Å²) in [5, 5.41) is 4.15. The molecule has 0 bridgehead atoms. The third kappa shape index (κ3) is 3.72. The molecule has 0 amide bonds. The fourth-order valence-electron chi connectivity index (χ4n) is 3.10. The molecule has 0 N–H and O–H groups in total. The van der Waals surface area contributed by atoms with Crippen LogP contribution in [0.25, 0.3) is 16.9 Å². The Labute approximate surface area is 158 Å². The Bertz CT molecular complexity index is 959. The lowest BCUT2D eigenvalue weighted by Crippen LogP contribution is -2.04. The Morgan fingerprint density at radius 2 is 1.81 bits per heavy atom. The number of benzene rings is 2. The van der Waals surface area contributed by atoms with Crippen LogP contribution in [0.4, 0.5) is 4.39 Å². The van der Waals surface area contributed by atoms with Gasteiger partial charge in [-0.15, -0.1) is 0 Å². The fourth-order valence-corrected chi connectivity index (χ4v) is 3.10. The summed E-state index contributed by atoms with van der Waals surface area (Å²) in [7, 11) is 1.63. The second-order valence-electron chi connectivity index (χ2n) is 6.14. The average molecular weight is 366 g/mol. The summed E-state index contributed by atoms with van der Waals surface area (Å²) in [4.78, 5) is 5.21. The molecule has 3 rings (SSSR count). The van der Waals surface area contributed by atoms with Crippen LogP contribution in [0.1, 0.15) is 25.1 Å². The molecular formula is C22H23FN2O2. The molecule has 0 radical (unpaired) electrons. The first-order chi connectivity index (χ1) is 13.1. The maximum Gasteiger partial charge on any atom is 0.147 e. The van der Waals surface area contributed by atoms with Gasteiger partial charge in [-0.25, -0.2) is 4.39 Å². The van der Waals surface area contributed by atoms with Gasteiger partial charge in [-0.3, -0.25) is 0 Å². The Hall–Kier alpha value is -3.08. The molecule has 5 heteroatoms. The van der Waals surface area contributed by atoms with Crippen LogP contribution in [0.5, 0.6) is 5.75 Å². The van der Waals surface area contributed by atoms with Crippen molar-refractivity contribution in [2.45, 2.75) is 20.8 Å². The Morgan fingerprint density at radius 1 is 1.11 bits per heavy atom. The number of oxime groups is 1. The molecule has 0 saturated heterocycles. The van der Waals surface area contributed by atoms with Gasteiger partial charge in [0.25, 0.3) is 0 Å². The topological polar surface area (TPSA) is 35.8 Å². The summed E-state index contributed by atoms with van der Waals surface area (Å²) in [6.45, 7) is 6.23. The molecule has 0 aliphatic rings. The average Bonchev–Trinajstić information content (AvgIpc) is 3.03. The molecule has 0 atom stereocenters. The predicted molar refractivity (Wildman–Crippen MR) is 106 cm³/mol. The SMILES string of the molecule is CCON=C(C)c1cc(-c2ccc(OC)cc2)n(-c2ccccc2F)c1C. The van der Waals surface area contributed by atoms with Gasteiger partial charge in [0.1, 0.15) is 18.2 Å². The molecule has 4 nitrogen and oxygen atoms in total. The molecule has 0 fully saturated rings. The summed E-state index contributed by atoms with van der Waals surface area (Å²) < 4.78 is 21.7. The quantitative estimate of drug-likeness (QED) is 0.435. The molecule has 1 aromatic heterocycles. The Kier molecular flexibility index (Phi) is 5.60. The van der Waals surface area contributed by atoms with Crippen molar-refractivity contribution in [3.8, 4) is 22.7 Å². The molecule has 1 heterocycles. The van der Waals surface area contributed by atoms with Crippen molar-refractivity contribution in [3.05, 3.63) is 71.7 Å². The lowest BCUT2D eigenvalue weighted by molar-refractivity contribution is 0.159. The van der Waals surface area contributed by atoms with Gasteiger partial charge in [-0.05, 0) is 68.8 Å². The van der Waals surface area contributed by atoms with Crippen molar-refractivity contribution >= 4 is 5.71 Å². The molecule has 0 saturated carbocycles. The minimum Gasteiger partial charge on any atom is -0.497 e. The predicted octanol–water partition coefficient (Wildman–Crippen LogP) is 5.36. The van der Waals surface area contributed by atoms with Crippen LogP contribution in [0.15, 0.2) is 59.8 Å². The number of nitrogens with zero attached hydrogens (tertiary/aromatic N) is 2. The van der Waals surface area contributed by atoms with Crippen LogP contribution in [-0.4, -0.2) is 24.0 Å². The maximum atomic E-state index is 14.6. The second-order valence-corrected chi connectivity index (χ2v) is 6.14. The molecule has 140 valence electrons. The third-order valence-electron chi connectivity index (χ3n) is 4.45.